The molecule has 3 nitrogen and oxygen atoms in total. The maximum Gasteiger partial charge on any atom is 0.416 e. The lowest BCUT2D eigenvalue weighted by molar-refractivity contribution is -0.137. The molecule has 0 amide bonds. The normalized spacial score (nSPS) is 13.2. The number of hydrogen-bond acceptors (Lipinski definition) is 3. The molecule has 1 heterocycles. The molecule has 1 aromatic heterocycles. The van der Waals surface area contributed by atoms with Crippen LogP contribution in [0.3, 0.4) is 0 Å². The van der Waals surface area contributed by atoms with Crippen molar-refractivity contribution in [3.05, 3.63) is 65.0 Å². The first-order chi connectivity index (χ1) is 9.97. The van der Waals surface area contributed by atoms with E-state index in [-0.39, 0.29) is 0 Å². The zero-order chi connectivity index (χ0) is 15.5. The number of alkyl halides is 3. The van der Waals surface area contributed by atoms with Crippen molar-refractivity contribution in [2.24, 2.45) is 5.84 Å². The van der Waals surface area contributed by atoms with E-state index < -0.39 is 17.8 Å². The maximum absolute atomic E-state index is 12.6. The van der Waals surface area contributed by atoms with Gasteiger partial charge in [-0.05, 0) is 35.7 Å². The molecule has 0 saturated carbocycles. The van der Waals surface area contributed by atoms with Gasteiger partial charge in [-0.25, -0.2) is 5.43 Å². The molecule has 1 unspecified atom stereocenters. The molecule has 1 aromatic carbocycles. The van der Waals surface area contributed by atoms with Crippen LogP contribution in [-0.4, -0.2) is 4.98 Å². The summed E-state index contributed by atoms with van der Waals surface area (Å²) in [6, 6.07) is 8.24. The molecular weight excluding hydrogens is 279 g/mol. The highest BCUT2D eigenvalue weighted by atomic mass is 19.4. The quantitative estimate of drug-likeness (QED) is 0.672. The van der Waals surface area contributed by atoms with Crippen molar-refractivity contribution in [3.8, 4) is 0 Å². The Hall–Kier alpha value is -1.92. The lowest BCUT2D eigenvalue weighted by Crippen LogP contribution is -2.30. The summed E-state index contributed by atoms with van der Waals surface area (Å²) >= 11 is 0. The summed E-state index contributed by atoms with van der Waals surface area (Å²) < 4.78 is 37.8. The van der Waals surface area contributed by atoms with E-state index in [0.29, 0.717) is 5.56 Å². The van der Waals surface area contributed by atoms with Crippen LogP contribution in [0.25, 0.3) is 0 Å². The molecule has 2 rings (SSSR count). The van der Waals surface area contributed by atoms with Gasteiger partial charge >= 0.3 is 6.18 Å². The minimum Gasteiger partial charge on any atom is -0.271 e. The lowest BCUT2D eigenvalue weighted by atomic mass is 9.98. The number of pyridine rings is 1. The van der Waals surface area contributed by atoms with Gasteiger partial charge in [-0.15, -0.1) is 0 Å². The first kappa shape index (κ1) is 15.5. The number of rotatable bonds is 4. The number of nitrogens with two attached hydrogens (primary N) is 1. The Bertz CT molecular complexity index is 594. The van der Waals surface area contributed by atoms with E-state index in [4.69, 9.17) is 5.84 Å². The molecule has 6 heteroatoms. The number of nitrogens with one attached hydrogen (secondary N) is 1. The third kappa shape index (κ3) is 3.40. The SMILES string of the molecule is CCc1cccnc1C(NN)c1ccc(C(F)(F)F)cc1. The average molecular weight is 295 g/mol. The van der Waals surface area contributed by atoms with E-state index in [9.17, 15) is 13.2 Å². The van der Waals surface area contributed by atoms with Crippen molar-refractivity contribution in [1.29, 1.82) is 0 Å². The number of nitrogens with zero attached hydrogens (tertiary/aromatic N) is 1. The molecule has 0 radical (unpaired) electrons. The molecule has 0 aliphatic rings. The van der Waals surface area contributed by atoms with Crippen molar-refractivity contribution in [2.45, 2.75) is 25.6 Å². The van der Waals surface area contributed by atoms with Crippen LogP contribution in [0.4, 0.5) is 13.2 Å². The van der Waals surface area contributed by atoms with Crippen LogP contribution < -0.4 is 11.3 Å². The standard InChI is InChI=1S/C15H16F3N3/c1-2-10-4-3-9-20-13(10)14(21-19)11-5-7-12(8-6-11)15(16,17)18/h3-9,14,21H,2,19H2,1H3. The van der Waals surface area contributed by atoms with Crippen molar-refractivity contribution in [3.63, 3.8) is 0 Å². The first-order valence-electron chi connectivity index (χ1n) is 6.54. The molecule has 0 bridgehead atoms. The van der Waals surface area contributed by atoms with Crippen LogP contribution in [0, 0.1) is 0 Å². The Morgan fingerprint density at radius 3 is 2.38 bits per heavy atom. The van der Waals surface area contributed by atoms with Crippen molar-refractivity contribution < 1.29 is 13.2 Å². The summed E-state index contributed by atoms with van der Waals surface area (Å²) in [5.41, 5.74) is 4.30. The number of aromatic nitrogens is 1. The van der Waals surface area contributed by atoms with Crippen molar-refractivity contribution in [1.82, 2.24) is 10.4 Å². The molecule has 2 aromatic rings. The monoisotopic (exact) mass is 295 g/mol. The van der Waals surface area contributed by atoms with E-state index in [1.807, 2.05) is 19.1 Å². The van der Waals surface area contributed by atoms with Crippen LogP contribution in [0.15, 0.2) is 42.6 Å². The number of halogens is 3. The second kappa shape index (κ2) is 6.24. The smallest absolute Gasteiger partial charge is 0.271 e. The summed E-state index contributed by atoms with van der Waals surface area (Å²) in [4.78, 5) is 4.30. The van der Waals surface area contributed by atoms with Gasteiger partial charge in [0.05, 0.1) is 17.3 Å². The molecule has 112 valence electrons. The van der Waals surface area contributed by atoms with Crippen molar-refractivity contribution in [2.75, 3.05) is 0 Å². The predicted octanol–water partition coefficient (Wildman–Crippen LogP) is 3.22. The second-order valence-electron chi connectivity index (χ2n) is 4.62. The van der Waals surface area contributed by atoms with Gasteiger partial charge in [0.25, 0.3) is 0 Å². The Labute approximate surface area is 121 Å². The van der Waals surface area contributed by atoms with Crippen LogP contribution in [0.5, 0.6) is 0 Å². The van der Waals surface area contributed by atoms with Crippen LogP contribution in [-0.2, 0) is 12.6 Å². The third-order valence-electron chi connectivity index (χ3n) is 3.32. The Morgan fingerprint density at radius 1 is 1.19 bits per heavy atom. The maximum atomic E-state index is 12.6. The number of hydrogen-bond donors (Lipinski definition) is 2. The summed E-state index contributed by atoms with van der Waals surface area (Å²) in [6.07, 6.45) is -1.94. The lowest BCUT2D eigenvalue weighted by Gasteiger charge is -2.19. The zero-order valence-corrected chi connectivity index (χ0v) is 11.5. The van der Waals surface area contributed by atoms with Gasteiger partial charge < -0.3 is 0 Å². The largest absolute Gasteiger partial charge is 0.416 e. The van der Waals surface area contributed by atoms with Crippen molar-refractivity contribution >= 4 is 0 Å². The number of benzene rings is 1. The average Bonchev–Trinajstić information content (AvgIpc) is 2.48. The Morgan fingerprint density at radius 2 is 1.86 bits per heavy atom. The fourth-order valence-electron chi connectivity index (χ4n) is 2.21. The first-order valence-corrected chi connectivity index (χ1v) is 6.54. The summed E-state index contributed by atoms with van der Waals surface area (Å²) in [6.45, 7) is 1.99. The van der Waals surface area contributed by atoms with Crippen LogP contribution in [0.2, 0.25) is 0 Å². The highest BCUT2D eigenvalue weighted by molar-refractivity contribution is 5.34. The fraction of sp³-hybridized carbons (Fsp3) is 0.267. The van der Waals surface area contributed by atoms with Gasteiger partial charge in [0.1, 0.15) is 0 Å². The topological polar surface area (TPSA) is 50.9 Å². The molecule has 0 fully saturated rings. The van der Waals surface area contributed by atoms with E-state index >= 15 is 0 Å². The van der Waals surface area contributed by atoms with E-state index in [1.54, 1.807) is 6.20 Å². The fourth-order valence-corrected chi connectivity index (χ4v) is 2.21. The van der Waals surface area contributed by atoms with Gasteiger partial charge in [0, 0.05) is 6.20 Å². The van der Waals surface area contributed by atoms with Gasteiger partial charge in [-0.3, -0.25) is 10.8 Å². The van der Waals surface area contributed by atoms with Gasteiger partial charge in [-0.1, -0.05) is 25.1 Å². The summed E-state index contributed by atoms with van der Waals surface area (Å²) in [5.74, 6) is 5.57. The van der Waals surface area contributed by atoms with E-state index in [1.165, 1.54) is 12.1 Å². The molecule has 0 spiro atoms. The van der Waals surface area contributed by atoms with Crippen LogP contribution in [0.1, 0.15) is 35.3 Å². The second-order valence-corrected chi connectivity index (χ2v) is 4.62. The van der Waals surface area contributed by atoms with E-state index in [0.717, 1.165) is 29.8 Å². The molecular formula is C15H16F3N3. The molecule has 0 saturated heterocycles. The van der Waals surface area contributed by atoms with Gasteiger partial charge in [0.2, 0.25) is 0 Å². The third-order valence-corrected chi connectivity index (χ3v) is 3.32. The minimum atomic E-state index is -4.34. The minimum absolute atomic E-state index is 0.441. The summed E-state index contributed by atoms with van der Waals surface area (Å²) in [5, 5.41) is 0. The number of aryl methyl sites for hydroxylation is 1. The predicted molar refractivity (Wildman–Crippen MR) is 74.2 cm³/mol. The highest BCUT2D eigenvalue weighted by Gasteiger charge is 2.30. The summed E-state index contributed by atoms with van der Waals surface area (Å²) in [7, 11) is 0. The zero-order valence-electron chi connectivity index (χ0n) is 11.5. The van der Waals surface area contributed by atoms with Crippen LogP contribution >= 0.6 is 0 Å². The number of hydrazine groups is 1. The molecule has 1 atom stereocenters. The molecule has 0 aliphatic carbocycles. The van der Waals surface area contributed by atoms with Gasteiger partial charge in [0.15, 0.2) is 0 Å². The highest BCUT2D eigenvalue weighted by Crippen LogP contribution is 2.31. The van der Waals surface area contributed by atoms with Gasteiger partial charge in [-0.2, -0.15) is 13.2 Å². The van der Waals surface area contributed by atoms with E-state index in [2.05, 4.69) is 10.4 Å². The molecule has 3 N–H and O–H groups in total. The Kier molecular flexibility index (Phi) is 4.59. The molecule has 21 heavy (non-hydrogen) atoms. The molecule has 0 aliphatic heterocycles. The Balaban J connectivity index is 2.38.